The van der Waals surface area contributed by atoms with Crippen LogP contribution in [0.1, 0.15) is 5.01 Å². The average molecular weight is 181 g/mol. The number of aromatic amines is 1. The van der Waals surface area contributed by atoms with E-state index in [4.69, 9.17) is 0 Å². The van der Waals surface area contributed by atoms with Gasteiger partial charge in [0.1, 0.15) is 10.5 Å². The van der Waals surface area contributed by atoms with Crippen molar-refractivity contribution in [3.63, 3.8) is 0 Å². The molecule has 0 atom stereocenters. The third kappa shape index (κ3) is 1.59. The van der Waals surface area contributed by atoms with Gasteiger partial charge in [-0.2, -0.15) is 0 Å². The van der Waals surface area contributed by atoms with Crippen LogP contribution in [0, 0.1) is 0 Å². The van der Waals surface area contributed by atoms with Gasteiger partial charge in [-0.3, -0.25) is 0 Å². The number of rotatable bonds is 3. The Morgan fingerprint density at radius 3 is 3.25 bits per heavy atom. The van der Waals surface area contributed by atoms with Crippen LogP contribution in [0.25, 0.3) is 0 Å². The first kappa shape index (κ1) is 7.23. The predicted molar refractivity (Wildman–Crippen MR) is 45.8 cm³/mol. The van der Waals surface area contributed by atoms with E-state index in [1.54, 1.807) is 17.9 Å². The molecule has 2 N–H and O–H groups in total. The number of nitrogens with one attached hydrogen (secondary N) is 2. The fourth-order valence-electron chi connectivity index (χ4n) is 0.794. The zero-order valence-electron chi connectivity index (χ0n) is 6.19. The summed E-state index contributed by atoms with van der Waals surface area (Å²) in [5, 5.41) is 11.6. The number of imidazole rings is 1. The Morgan fingerprint density at radius 2 is 2.58 bits per heavy atom. The summed E-state index contributed by atoms with van der Waals surface area (Å²) < 4.78 is 0. The van der Waals surface area contributed by atoms with Gasteiger partial charge in [-0.05, 0) is 0 Å². The van der Waals surface area contributed by atoms with Gasteiger partial charge < -0.3 is 10.3 Å². The van der Waals surface area contributed by atoms with Crippen LogP contribution in [0.15, 0.2) is 17.9 Å². The van der Waals surface area contributed by atoms with Crippen LogP contribution < -0.4 is 5.32 Å². The van der Waals surface area contributed by atoms with Crippen LogP contribution in [-0.2, 0) is 6.54 Å². The molecule has 5 nitrogen and oxygen atoms in total. The molecule has 0 aliphatic heterocycles. The highest BCUT2D eigenvalue weighted by Gasteiger charge is 1.96. The van der Waals surface area contributed by atoms with Crippen LogP contribution in [0.3, 0.4) is 0 Å². The monoisotopic (exact) mass is 181 g/mol. The smallest absolute Gasteiger partial charge is 0.200 e. The second-order valence-corrected chi connectivity index (χ2v) is 3.04. The molecule has 6 heteroatoms. The minimum absolute atomic E-state index is 0.665. The zero-order chi connectivity index (χ0) is 8.23. The second-order valence-electron chi connectivity index (χ2n) is 2.12. The molecule has 2 aromatic rings. The molecule has 0 aliphatic rings. The lowest BCUT2D eigenvalue weighted by Gasteiger charge is -1.96. The Hall–Kier alpha value is -1.43. The molecule has 0 fully saturated rings. The standard InChI is InChI=1S/C6H7N5S/c1-2-8-6(7-1)9-3-5-11-10-4-12-5/h1-2,4H,3H2,(H2,7,8,9). The maximum atomic E-state index is 4.01. The third-order valence-electron chi connectivity index (χ3n) is 1.31. The summed E-state index contributed by atoms with van der Waals surface area (Å²) in [6.07, 6.45) is 3.46. The molecule has 2 heterocycles. The Kier molecular flexibility index (Phi) is 2.00. The first-order chi connectivity index (χ1) is 5.95. The molecule has 0 aromatic carbocycles. The van der Waals surface area contributed by atoms with Gasteiger partial charge in [-0.15, -0.1) is 21.5 Å². The molecule has 0 aliphatic carbocycles. The summed E-state index contributed by atoms with van der Waals surface area (Å²) in [6, 6.07) is 0. The van der Waals surface area contributed by atoms with Crippen molar-refractivity contribution >= 4 is 17.3 Å². The summed E-state index contributed by atoms with van der Waals surface area (Å²) in [6.45, 7) is 0.665. The van der Waals surface area contributed by atoms with Crippen LogP contribution in [0.5, 0.6) is 0 Å². The molecule has 2 rings (SSSR count). The molecule has 0 spiro atoms. The Bertz CT molecular complexity index is 279. The largest absolute Gasteiger partial charge is 0.349 e. The van der Waals surface area contributed by atoms with Gasteiger partial charge in [-0.25, -0.2) is 4.98 Å². The third-order valence-corrected chi connectivity index (χ3v) is 2.01. The van der Waals surface area contributed by atoms with E-state index in [0.29, 0.717) is 6.54 Å². The molecule has 0 saturated carbocycles. The van der Waals surface area contributed by atoms with E-state index in [0.717, 1.165) is 11.0 Å². The number of H-pyrrole nitrogens is 1. The van der Waals surface area contributed by atoms with Gasteiger partial charge >= 0.3 is 0 Å². The number of aromatic nitrogens is 4. The lowest BCUT2D eigenvalue weighted by atomic mass is 10.7. The topological polar surface area (TPSA) is 66.5 Å². The van der Waals surface area contributed by atoms with Crippen molar-refractivity contribution in [2.24, 2.45) is 0 Å². The predicted octanol–water partition coefficient (Wildman–Crippen LogP) is 0.873. The van der Waals surface area contributed by atoms with Crippen molar-refractivity contribution in [2.75, 3.05) is 5.32 Å². The van der Waals surface area contributed by atoms with E-state index in [9.17, 15) is 0 Å². The van der Waals surface area contributed by atoms with Crippen LogP contribution >= 0.6 is 11.3 Å². The molecular formula is C6H7N5S. The quantitative estimate of drug-likeness (QED) is 0.737. The molecule has 0 radical (unpaired) electrons. The molecule has 2 aromatic heterocycles. The van der Waals surface area contributed by atoms with E-state index in [-0.39, 0.29) is 0 Å². The van der Waals surface area contributed by atoms with Gasteiger partial charge in [0, 0.05) is 12.4 Å². The number of hydrogen-bond donors (Lipinski definition) is 2. The maximum Gasteiger partial charge on any atom is 0.200 e. The number of nitrogens with zero attached hydrogens (tertiary/aromatic N) is 3. The fraction of sp³-hybridized carbons (Fsp3) is 0.167. The molecule has 0 amide bonds. The lowest BCUT2D eigenvalue weighted by Crippen LogP contribution is -2.00. The highest BCUT2D eigenvalue weighted by atomic mass is 32.1. The average Bonchev–Trinajstić information content (AvgIpc) is 2.74. The highest BCUT2D eigenvalue weighted by molar-refractivity contribution is 7.09. The van der Waals surface area contributed by atoms with E-state index < -0.39 is 0 Å². The summed E-state index contributed by atoms with van der Waals surface area (Å²) in [5.41, 5.74) is 1.71. The maximum absolute atomic E-state index is 4.01. The molecule has 0 bridgehead atoms. The first-order valence-corrected chi connectivity index (χ1v) is 4.31. The van der Waals surface area contributed by atoms with Crippen molar-refractivity contribution in [2.45, 2.75) is 6.54 Å². The van der Waals surface area contributed by atoms with Gasteiger partial charge in [0.2, 0.25) is 0 Å². The zero-order valence-corrected chi connectivity index (χ0v) is 7.01. The normalized spacial score (nSPS) is 10.0. The highest BCUT2D eigenvalue weighted by Crippen LogP contribution is 2.03. The van der Waals surface area contributed by atoms with E-state index >= 15 is 0 Å². The van der Waals surface area contributed by atoms with Crippen LogP contribution in [0.4, 0.5) is 5.95 Å². The van der Waals surface area contributed by atoms with E-state index in [1.165, 1.54) is 11.3 Å². The summed E-state index contributed by atoms with van der Waals surface area (Å²) in [5.74, 6) is 0.755. The molecule has 0 saturated heterocycles. The van der Waals surface area contributed by atoms with Crippen molar-refractivity contribution in [1.82, 2.24) is 20.2 Å². The molecule has 0 unspecified atom stereocenters. The number of hydrogen-bond acceptors (Lipinski definition) is 5. The van der Waals surface area contributed by atoms with Gasteiger partial charge in [-0.1, -0.05) is 0 Å². The first-order valence-electron chi connectivity index (χ1n) is 3.43. The minimum atomic E-state index is 0.665. The summed E-state index contributed by atoms with van der Waals surface area (Å²) in [7, 11) is 0. The van der Waals surface area contributed by atoms with Crippen molar-refractivity contribution in [1.29, 1.82) is 0 Å². The fourth-order valence-corrected chi connectivity index (χ4v) is 1.26. The second kappa shape index (κ2) is 3.31. The Labute approximate surface area is 72.9 Å². The van der Waals surface area contributed by atoms with E-state index in [1.807, 2.05) is 0 Å². The summed E-state index contributed by atoms with van der Waals surface area (Å²) >= 11 is 1.52. The van der Waals surface area contributed by atoms with Gasteiger partial charge in [0.15, 0.2) is 5.95 Å². The van der Waals surface area contributed by atoms with Crippen LogP contribution in [-0.4, -0.2) is 20.2 Å². The molecule has 62 valence electrons. The summed E-state index contributed by atoms with van der Waals surface area (Å²) in [4.78, 5) is 6.94. The van der Waals surface area contributed by atoms with Crippen LogP contribution in [0.2, 0.25) is 0 Å². The van der Waals surface area contributed by atoms with Crippen molar-refractivity contribution in [3.8, 4) is 0 Å². The Morgan fingerprint density at radius 1 is 1.58 bits per heavy atom. The van der Waals surface area contributed by atoms with Gasteiger partial charge in [0.25, 0.3) is 0 Å². The molecular weight excluding hydrogens is 174 g/mol. The SMILES string of the molecule is c1c[nH]c(NCc2nncs2)n1. The van der Waals surface area contributed by atoms with Gasteiger partial charge in [0.05, 0.1) is 6.54 Å². The Balaban J connectivity index is 1.91. The van der Waals surface area contributed by atoms with Crippen molar-refractivity contribution in [3.05, 3.63) is 22.9 Å². The number of anilines is 1. The minimum Gasteiger partial charge on any atom is -0.349 e. The molecule has 12 heavy (non-hydrogen) atoms. The van der Waals surface area contributed by atoms with Crippen molar-refractivity contribution < 1.29 is 0 Å². The van der Waals surface area contributed by atoms with E-state index in [2.05, 4.69) is 25.5 Å². The lowest BCUT2D eigenvalue weighted by molar-refractivity contribution is 0.978.